The quantitative estimate of drug-likeness (QED) is 0.831. The summed E-state index contributed by atoms with van der Waals surface area (Å²) >= 11 is 0. The van der Waals surface area contributed by atoms with E-state index < -0.39 is 17.6 Å². The van der Waals surface area contributed by atoms with Gasteiger partial charge in [0.1, 0.15) is 5.82 Å². The van der Waals surface area contributed by atoms with Crippen molar-refractivity contribution < 1.29 is 14.0 Å². The van der Waals surface area contributed by atoms with Crippen molar-refractivity contribution in [1.82, 2.24) is 0 Å². The first kappa shape index (κ1) is 11.6. The summed E-state index contributed by atoms with van der Waals surface area (Å²) in [6.45, 7) is 1.89. The van der Waals surface area contributed by atoms with E-state index in [1.807, 2.05) is 0 Å². The van der Waals surface area contributed by atoms with Gasteiger partial charge in [-0.1, -0.05) is 12.1 Å². The molecule has 2 amide bonds. The van der Waals surface area contributed by atoms with Crippen molar-refractivity contribution in [3.05, 3.63) is 29.6 Å². The summed E-state index contributed by atoms with van der Waals surface area (Å²) in [7, 11) is 0. The summed E-state index contributed by atoms with van der Waals surface area (Å²) in [5.41, 5.74) is 6.09. The largest absolute Gasteiger partial charge is 0.369 e. The van der Waals surface area contributed by atoms with Gasteiger partial charge in [-0.15, -0.1) is 0 Å². The minimum atomic E-state index is -0.526. The molecule has 0 radical (unpaired) electrons. The normalized spacial score (nSPS) is 19.8. The highest BCUT2D eigenvalue weighted by Crippen LogP contribution is 2.29. The lowest BCUT2D eigenvalue weighted by Gasteiger charge is -2.19. The smallest absolute Gasteiger partial charge is 0.227 e. The molecule has 1 aliphatic heterocycles. The van der Waals surface area contributed by atoms with Gasteiger partial charge in [0, 0.05) is 13.0 Å². The number of hydrogen-bond donors (Lipinski definition) is 1. The van der Waals surface area contributed by atoms with Crippen molar-refractivity contribution in [1.29, 1.82) is 0 Å². The van der Waals surface area contributed by atoms with Crippen LogP contribution in [-0.2, 0) is 9.59 Å². The maximum Gasteiger partial charge on any atom is 0.227 e. The van der Waals surface area contributed by atoms with Gasteiger partial charge in [-0.3, -0.25) is 9.59 Å². The first-order chi connectivity index (χ1) is 8.00. The molecule has 2 N–H and O–H groups in total. The second-order valence-corrected chi connectivity index (χ2v) is 4.21. The van der Waals surface area contributed by atoms with Crippen molar-refractivity contribution in [2.24, 2.45) is 11.7 Å². The molecule has 17 heavy (non-hydrogen) atoms. The fraction of sp³-hybridized carbons (Fsp3) is 0.333. The zero-order valence-electron chi connectivity index (χ0n) is 9.44. The molecule has 1 aromatic carbocycles. The Morgan fingerprint density at radius 2 is 2.24 bits per heavy atom. The number of amides is 2. The van der Waals surface area contributed by atoms with E-state index in [4.69, 9.17) is 5.73 Å². The van der Waals surface area contributed by atoms with Crippen LogP contribution < -0.4 is 10.6 Å². The fourth-order valence-corrected chi connectivity index (χ4v) is 2.08. The molecule has 1 aliphatic rings. The maximum absolute atomic E-state index is 13.7. The lowest BCUT2D eigenvalue weighted by molar-refractivity contribution is -0.123. The number of halogens is 1. The molecule has 2 rings (SSSR count). The molecule has 1 fully saturated rings. The molecule has 0 bridgehead atoms. The minimum absolute atomic E-state index is 0.0586. The van der Waals surface area contributed by atoms with E-state index >= 15 is 0 Å². The number of aryl methyl sites for hydroxylation is 1. The van der Waals surface area contributed by atoms with Gasteiger partial charge < -0.3 is 10.6 Å². The van der Waals surface area contributed by atoms with E-state index in [1.165, 1.54) is 11.0 Å². The summed E-state index contributed by atoms with van der Waals surface area (Å²) in [6.07, 6.45) is 0.0586. The van der Waals surface area contributed by atoms with Crippen LogP contribution in [0.25, 0.3) is 0 Å². The number of hydrogen-bond acceptors (Lipinski definition) is 2. The molecular formula is C12H13FN2O2. The molecule has 0 spiro atoms. The molecule has 5 heteroatoms. The van der Waals surface area contributed by atoms with Crippen LogP contribution in [0.4, 0.5) is 10.1 Å². The Labute approximate surface area is 98.2 Å². The first-order valence-corrected chi connectivity index (χ1v) is 5.35. The van der Waals surface area contributed by atoms with Crippen molar-refractivity contribution in [3.63, 3.8) is 0 Å². The predicted molar refractivity (Wildman–Crippen MR) is 60.8 cm³/mol. The topological polar surface area (TPSA) is 63.4 Å². The van der Waals surface area contributed by atoms with Crippen LogP contribution in [0, 0.1) is 18.7 Å². The van der Waals surface area contributed by atoms with Crippen LogP contribution in [0.5, 0.6) is 0 Å². The van der Waals surface area contributed by atoms with Crippen molar-refractivity contribution in [2.45, 2.75) is 13.3 Å². The third-order valence-electron chi connectivity index (χ3n) is 2.99. The number of primary amides is 1. The van der Waals surface area contributed by atoms with Gasteiger partial charge in [-0.2, -0.15) is 0 Å². The van der Waals surface area contributed by atoms with Gasteiger partial charge >= 0.3 is 0 Å². The maximum atomic E-state index is 13.7. The van der Waals surface area contributed by atoms with Gasteiger partial charge in [0.15, 0.2) is 0 Å². The number of rotatable bonds is 2. The van der Waals surface area contributed by atoms with E-state index in [0.29, 0.717) is 5.56 Å². The third-order valence-corrected chi connectivity index (χ3v) is 2.99. The molecule has 4 nitrogen and oxygen atoms in total. The number of nitrogens with two attached hydrogens (primary N) is 1. The zero-order chi connectivity index (χ0) is 12.6. The van der Waals surface area contributed by atoms with E-state index in [9.17, 15) is 14.0 Å². The third kappa shape index (κ3) is 2.00. The summed E-state index contributed by atoms with van der Waals surface area (Å²) in [4.78, 5) is 24.1. The molecule has 0 saturated carbocycles. The number of benzene rings is 1. The van der Waals surface area contributed by atoms with Gasteiger partial charge in [0.05, 0.1) is 11.6 Å². The monoisotopic (exact) mass is 236 g/mol. The van der Waals surface area contributed by atoms with E-state index in [0.717, 1.165) is 0 Å². The highest BCUT2D eigenvalue weighted by atomic mass is 19.1. The Hall–Kier alpha value is -1.91. The highest BCUT2D eigenvalue weighted by Gasteiger charge is 2.35. The van der Waals surface area contributed by atoms with Gasteiger partial charge in [-0.25, -0.2) is 4.39 Å². The van der Waals surface area contributed by atoms with Crippen LogP contribution in [-0.4, -0.2) is 18.4 Å². The molecule has 1 atom stereocenters. The summed E-state index contributed by atoms with van der Waals surface area (Å²) in [6, 6.07) is 4.61. The number of anilines is 1. The molecule has 0 aliphatic carbocycles. The van der Waals surface area contributed by atoms with Crippen LogP contribution in [0.15, 0.2) is 18.2 Å². The van der Waals surface area contributed by atoms with Gasteiger partial charge in [0.25, 0.3) is 0 Å². The second kappa shape index (κ2) is 4.16. The van der Waals surface area contributed by atoms with Crippen molar-refractivity contribution >= 4 is 17.5 Å². The summed E-state index contributed by atoms with van der Waals surface area (Å²) in [5, 5.41) is 0. The number of carbonyl (C=O) groups is 2. The Morgan fingerprint density at radius 3 is 2.76 bits per heavy atom. The lowest BCUT2D eigenvalue weighted by Crippen LogP contribution is -2.29. The average Bonchev–Trinajstić information content (AvgIpc) is 2.61. The SMILES string of the molecule is Cc1cccc(F)c1N1CC(C(N)=O)CC1=O. The van der Waals surface area contributed by atoms with Crippen LogP contribution in [0.1, 0.15) is 12.0 Å². The molecule has 1 aromatic rings. The summed E-state index contributed by atoms with van der Waals surface area (Å²) < 4.78 is 13.7. The van der Waals surface area contributed by atoms with Crippen LogP contribution in [0.3, 0.4) is 0 Å². The number of para-hydroxylation sites is 1. The first-order valence-electron chi connectivity index (χ1n) is 5.35. The molecule has 0 aromatic heterocycles. The van der Waals surface area contributed by atoms with E-state index in [1.54, 1.807) is 19.1 Å². The van der Waals surface area contributed by atoms with Crippen molar-refractivity contribution in [2.75, 3.05) is 11.4 Å². The highest BCUT2D eigenvalue weighted by molar-refractivity contribution is 6.00. The molecule has 1 heterocycles. The zero-order valence-corrected chi connectivity index (χ0v) is 9.44. The number of nitrogens with zero attached hydrogens (tertiary/aromatic N) is 1. The van der Waals surface area contributed by atoms with E-state index in [-0.39, 0.29) is 24.6 Å². The van der Waals surface area contributed by atoms with Gasteiger partial charge in [0.2, 0.25) is 11.8 Å². The number of carbonyl (C=O) groups excluding carboxylic acids is 2. The van der Waals surface area contributed by atoms with Gasteiger partial charge in [-0.05, 0) is 18.6 Å². The Morgan fingerprint density at radius 1 is 1.53 bits per heavy atom. The summed E-state index contributed by atoms with van der Waals surface area (Å²) in [5.74, 6) is -1.76. The van der Waals surface area contributed by atoms with Crippen molar-refractivity contribution in [3.8, 4) is 0 Å². The van der Waals surface area contributed by atoms with Crippen LogP contribution in [0.2, 0.25) is 0 Å². The minimum Gasteiger partial charge on any atom is -0.369 e. The lowest BCUT2D eigenvalue weighted by atomic mass is 10.1. The fourth-order valence-electron chi connectivity index (χ4n) is 2.08. The second-order valence-electron chi connectivity index (χ2n) is 4.21. The van der Waals surface area contributed by atoms with E-state index in [2.05, 4.69) is 0 Å². The molecule has 1 saturated heterocycles. The van der Waals surface area contributed by atoms with Crippen LogP contribution >= 0.6 is 0 Å². The molecule has 90 valence electrons. The standard InChI is InChI=1S/C12H13FN2O2/c1-7-3-2-4-9(13)11(7)15-6-8(12(14)17)5-10(15)16/h2-4,8H,5-6H2,1H3,(H2,14,17). The Kier molecular flexibility index (Phi) is 2.83. The predicted octanol–water partition coefficient (Wildman–Crippen LogP) is 0.972. The Bertz CT molecular complexity index is 467. The molecular weight excluding hydrogens is 223 g/mol. The molecule has 1 unspecified atom stereocenters. The average molecular weight is 236 g/mol. The Balaban J connectivity index is 2.35.